The number of sulfone groups is 1. The Balaban J connectivity index is 2.05. The average molecular weight is 295 g/mol. The molecule has 0 saturated carbocycles. The summed E-state index contributed by atoms with van der Waals surface area (Å²) in [5.74, 6) is 0.877. The largest absolute Gasteiger partial charge is 0.384 e. The van der Waals surface area contributed by atoms with Crippen molar-refractivity contribution in [3.63, 3.8) is 0 Å². The van der Waals surface area contributed by atoms with Gasteiger partial charge in [0.2, 0.25) is 0 Å². The molecule has 8 heteroatoms. The first kappa shape index (κ1) is 13.2. The van der Waals surface area contributed by atoms with Crippen LogP contribution in [0.5, 0.6) is 0 Å². The summed E-state index contributed by atoms with van der Waals surface area (Å²) in [6.07, 6.45) is 2.96. The zero-order valence-corrected chi connectivity index (χ0v) is 12.0. The average Bonchev–Trinajstić information content (AvgIpc) is 3.08. The molecular formula is C12H17N5O2S. The highest BCUT2D eigenvalue weighted by molar-refractivity contribution is 7.91. The molecule has 0 radical (unpaired) electrons. The second-order valence-corrected chi connectivity index (χ2v) is 7.27. The van der Waals surface area contributed by atoms with Gasteiger partial charge in [-0.15, -0.1) is 0 Å². The van der Waals surface area contributed by atoms with Crippen LogP contribution in [-0.4, -0.2) is 39.9 Å². The molecule has 20 heavy (non-hydrogen) atoms. The smallest absolute Gasteiger partial charge is 0.152 e. The fraction of sp³-hybridized carbons (Fsp3) is 0.500. The topological polar surface area (TPSA) is 107 Å². The third kappa shape index (κ3) is 2.09. The van der Waals surface area contributed by atoms with Gasteiger partial charge in [0.25, 0.3) is 0 Å². The van der Waals surface area contributed by atoms with Gasteiger partial charge in [0, 0.05) is 11.8 Å². The molecule has 3 rings (SSSR count). The highest BCUT2D eigenvalue weighted by Crippen LogP contribution is 2.32. The van der Waals surface area contributed by atoms with Gasteiger partial charge in [-0.25, -0.2) is 13.1 Å². The number of hydrogen-bond donors (Lipinski definition) is 2. The van der Waals surface area contributed by atoms with Crippen LogP contribution >= 0.6 is 0 Å². The normalized spacial score (nSPS) is 21.4. The Bertz CT molecular complexity index is 717. The van der Waals surface area contributed by atoms with Crippen LogP contribution in [0.15, 0.2) is 12.3 Å². The lowest BCUT2D eigenvalue weighted by atomic mass is 10.1. The van der Waals surface area contributed by atoms with Crippen LogP contribution in [-0.2, 0) is 16.3 Å². The van der Waals surface area contributed by atoms with Gasteiger partial charge in [0.05, 0.1) is 23.2 Å². The van der Waals surface area contributed by atoms with Gasteiger partial charge >= 0.3 is 0 Å². The van der Waals surface area contributed by atoms with Crippen molar-refractivity contribution >= 4 is 15.7 Å². The fourth-order valence-electron chi connectivity index (χ4n) is 2.68. The van der Waals surface area contributed by atoms with Gasteiger partial charge in [-0.3, -0.25) is 5.10 Å². The number of nitrogens with zero attached hydrogens (tertiary/aromatic N) is 3. The Kier molecular flexibility index (Phi) is 3.04. The van der Waals surface area contributed by atoms with Crippen molar-refractivity contribution in [1.29, 1.82) is 0 Å². The zero-order valence-electron chi connectivity index (χ0n) is 11.2. The molecule has 108 valence electrons. The third-order valence-electron chi connectivity index (χ3n) is 3.71. The van der Waals surface area contributed by atoms with Crippen molar-refractivity contribution in [2.75, 3.05) is 17.2 Å². The van der Waals surface area contributed by atoms with E-state index in [-0.39, 0.29) is 17.5 Å². The van der Waals surface area contributed by atoms with E-state index in [0.29, 0.717) is 12.2 Å². The molecule has 2 aromatic rings. The first-order chi connectivity index (χ1) is 9.52. The van der Waals surface area contributed by atoms with Crippen LogP contribution in [0.2, 0.25) is 0 Å². The maximum absolute atomic E-state index is 11.6. The number of nitrogen functional groups attached to an aromatic ring is 1. The van der Waals surface area contributed by atoms with Crippen molar-refractivity contribution in [2.45, 2.75) is 25.8 Å². The van der Waals surface area contributed by atoms with Crippen LogP contribution in [0.4, 0.5) is 5.82 Å². The number of nitrogens with one attached hydrogen (secondary N) is 1. The molecular weight excluding hydrogens is 278 g/mol. The summed E-state index contributed by atoms with van der Waals surface area (Å²) >= 11 is 0. The Labute approximate surface area is 117 Å². The molecule has 0 aromatic carbocycles. The van der Waals surface area contributed by atoms with Gasteiger partial charge in [-0.05, 0) is 18.9 Å². The van der Waals surface area contributed by atoms with E-state index in [0.717, 1.165) is 23.4 Å². The van der Waals surface area contributed by atoms with E-state index in [1.54, 1.807) is 10.9 Å². The predicted molar refractivity (Wildman–Crippen MR) is 75.9 cm³/mol. The molecule has 1 aliphatic heterocycles. The Hall–Kier alpha value is -1.83. The van der Waals surface area contributed by atoms with E-state index in [1.165, 1.54) is 0 Å². The van der Waals surface area contributed by atoms with E-state index < -0.39 is 9.84 Å². The Morgan fingerprint density at radius 1 is 1.55 bits per heavy atom. The third-order valence-corrected chi connectivity index (χ3v) is 5.46. The molecule has 0 aliphatic carbocycles. The predicted octanol–water partition coefficient (Wildman–Crippen LogP) is 0.777. The Morgan fingerprint density at radius 2 is 2.35 bits per heavy atom. The second kappa shape index (κ2) is 4.62. The van der Waals surface area contributed by atoms with E-state index in [2.05, 4.69) is 15.3 Å². The maximum Gasteiger partial charge on any atom is 0.152 e. The lowest BCUT2D eigenvalue weighted by molar-refractivity contribution is 0.507. The number of H-pyrrole nitrogens is 1. The number of anilines is 1. The number of nitrogens with two attached hydrogens (primary N) is 1. The summed E-state index contributed by atoms with van der Waals surface area (Å²) in [6, 6.07) is 1.67. The van der Waals surface area contributed by atoms with Gasteiger partial charge in [-0.1, -0.05) is 6.92 Å². The van der Waals surface area contributed by atoms with Gasteiger partial charge in [0.1, 0.15) is 11.5 Å². The molecule has 3 N–H and O–H groups in total. The summed E-state index contributed by atoms with van der Waals surface area (Å²) in [6.45, 7) is 2.00. The molecule has 1 atom stereocenters. The summed E-state index contributed by atoms with van der Waals surface area (Å²) in [5.41, 5.74) is 8.65. The standard InChI is InChI=1S/C12H17N5O2S/c1-2-9-11(10-3-5-14-15-10)16-17(12(9)13)8-4-6-20(18,19)7-8/h3,5,8H,2,4,6-7,13H2,1H3,(H,14,15). The van der Waals surface area contributed by atoms with Crippen LogP contribution in [0.1, 0.15) is 24.9 Å². The molecule has 1 fully saturated rings. The number of aromatic nitrogens is 4. The van der Waals surface area contributed by atoms with Crippen LogP contribution in [0.25, 0.3) is 11.4 Å². The van der Waals surface area contributed by atoms with Crippen molar-refractivity contribution in [2.24, 2.45) is 0 Å². The zero-order chi connectivity index (χ0) is 14.3. The molecule has 1 aliphatic rings. The summed E-state index contributed by atoms with van der Waals surface area (Å²) < 4.78 is 24.9. The quantitative estimate of drug-likeness (QED) is 0.870. The monoisotopic (exact) mass is 295 g/mol. The Morgan fingerprint density at radius 3 is 2.90 bits per heavy atom. The van der Waals surface area contributed by atoms with Crippen molar-refractivity contribution in [1.82, 2.24) is 20.0 Å². The minimum Gasteiger partial charge on any atom is -0.384 e. The number of aromatic amines is 1. The highest BCUT2D eigenvalue weighted by Gasteiger charge is 2.32. The molecule has 0 amide bonds. The van der Waals surface area contributed by atoms with E-state index in [9.17, 15) is 8.42 Å². The molecule has 0 spiro atoms. The van der Waals surface area contributed by atoms with Gasteiger partial charge in [0.15, 0.2) is 9.84 Å². The maximum atomic E-state index is 11.6. The van der Waals surface area contributed by atoms with E-state index in [4.69, 9.17) is 5.73 Å². The highest BCUT2D eigenvalue weighted by atomic mass is 32.2. The van der Waals surface area contributed by atoms with Crippen LogP contribution < -0.4 is 5.73 Å². The SMILES string of the molecule is CCc1c(-c2ccn[nH]2)nn(C2CCS(=O)(=O)C2)c1N. The summed E-state index contributed by atoms with van der Waals surface area (Å²) in [7, 11) is -2.96. The number of hydrogen-bond acceptors (Lipinski definition) is 5. The minimum atomic E-state index is -2.96. The lowest BCUT2D eigenvalue weighted by Gasteiger charge is -2.10. The first-order valence-corrected chi connectivity index (χ1v) is 8.41. The number of rotatable bonds is 3. The minimum absolute atomic E-state index is 0.116. The summed E-state index contributed by atoms with van der Waals surface area (Å²) in [5, 5.41) is 11.3. The lowest BCUT2D eigenvalue weighted by Crippen LogP contribution is -2.15. The van der Waals surface area contributed by atoms with Crippen LogP contribution in [0.3, 0.4) is 0 Å². The molecule has 1 saturated heterocycles. The van der Waals surface area contributed by atoms with Crippen molar-refractivity contribution < 1.29 is 8.42 Å². The van der Waals surface area contributed by atoms with E-state index >= 15 is 0 Å². The van der Waals surface area contributed by atoms with E-state index in [1.807, 2.05) is 13.0 Å². The molecule has 0 bridgehead atoms. The first-order valence-electron chi connectivity index (χ1n) is 6.59. The van der Waals surface area contributed by atoms with Crippen molar-refractivity contribution in [3.05, 3.63) is 17.8 Å². The summed E-state index contributed by atoms with van der Waals surface area (Å²) in [4.78, 5) is 0. The van der Waals surface area contributed by atoms with Gasteiger partial charge in [-0.2, -0.15) is 10.2 Å². The molecule has 7 nitrogen and oxygen atoms in total. The molecule has 2 aromatic heterocycles. The molecule has 1 unspecified atom stereocenters. The second-order valence-electron chi connectivity index (χ2n) is 5.04. The van der Waals surface area contributed by atoms with Crippen LogP contribution in [0, 0.1) is 0 Å². The van der Waals surface area contributed by atoms with Crippen molar-refractivity contribution in [3.8, 4) is 11.4 Å². The molecule has 3 heterocycles. The van der Waals surface area contributed by atoms with Gasteiger partial charge < -0.3 is 5.73 Å². The fourth-order valence-corrected chi connectivity index (χ4v) is 4.37.